The third kappa shape index (κ3) is 1.38. The number of benzene rings is 1. The molecule has 104 valence electrons. The molecular formula is C15H16N2O3. The number of ether oxygens (including phenoxy) is 1. The van der Waals surface area contributed by atoms with Gasteiger partial charge in [-0.25, -0.2) is 4.79 Å². The number of hydrogen-bond donors (Lipinski definition) is 1. The molecular weight excluding hydrogens is 256 g/mol. The highest BCUT2D eigenvalue weighted by Crippen LogP contribution is 2.57. The molecule has 20 heavy (non-hydrogen) atoms. The molecule has 5 heteroatoms. The number of urea groups is 1. The second-order valence-electron chi connectivity index (χ2n) is 5.82. The van der Waals surface area contributed by atoms with E-state index in [1.807, 2.05) is 35.2 Å². The summed E-state index contributed by atoms with van der Waals surface area (Å²) in [4.78, 5) is 26.0. The summed E-state index contributed by atoms with van der Waals surface area (Å²) >= 11 is 0. The van der Waals surface area contributed by atoms with E-state index in [-0.39, 0.29) is 23.5 Å². The molecule has 0 bridgehead atoms. The summed E-state index contributed by atoms with van der Waals surface area (Å²) in [6, 6.07) is 9.27. The number of rotatable bonds is 1. The van der Waals surface area contributed by atoms with Crippen LogP contribution < -0.4 is 5.32 Å². The van der Waals surface area contributed by atoms with Crippen molar-refractivity contribution in [3.8, 4) is 0 Å². The minimum atomic E-state index is -0.365. The summed E-state index contributed by atoms with van der Waals surface area (Å²) in [6.07, 6.45) is 1.84. The van der Waals surface area contributed by atoms with Crippen LogP contribution in [0.2, 0.25) is 0 Å². The monoisotopic (exact) mass is 272 g/mol. The Labute approximate surface area is 116 Å². The van der Waals surface area contributed by atoms with Crippen LogP contribution in [-0.4, -0.2) is 35.6 Å². The molecule has 2 saturated heterocycles. The molecule has 2 aliphatic heterocycles. The summed E-state index contributed by atoms with van der Waals surface area (Å²) < 4.78 is 5.21. The number of nitrogens with one attached hydrogen (secondary N) is 1. The van der Waals surface area contributed by atoms with E-state index in [0.717, 1.165) is 18.5 Å². The van der Waals surface area contributed by atoms with Gasteiger partial charge in [-0.2, -0.15) is 0 Å². The highest BCUT2D eigenvalue weighted by molar-refractivity contribution is 5.92. The van der Waals surface area contributed by atoms with Crippen molar-refractivity contribution >= 4 is 17.7 Å². The van der Waals surface area contributed by atoms with Gasteiger partial charge in [-0.1, -0.05) is 18.2 Å². The summed E-state index contributed by atoms with van der Waals surface area (Å²) in [7, 11) is 0. The zero-order valence-electron chi connectivity index (χ0n) is 11.0. The Morgan fingerprint density at radius 2 is 2.15 bits per heavy atom. The number of carbonyl (C=O) groups excluding carboxylic acids is 2. The molecule has 3 fully saturated rings. The smallest absolute Gasteiger partial charge is 0.322 e. The quantitative estimate of drug-likeness (QED) is 0.794. The Balaban J connectivity index is 1.57. The lowest BCUT2D eigenvalue weighted by atomic mass is 9.60. The van der Waals surface area contributed by atoms with Crippen molar-refractivity contribution in [2.45, 2.75) is 18.4 Å². The minimum absolute atomic E-state index is 0.114. The molecule has 1 aromatic carbocycles. The van der Waals surface area contributed by atoms with Gasteiger partial charge < -0.3 is 15.0 Å². The van der Waals surface area contributed by atoms with Crippen LogP contribution in [0.15, 0.2) is 30.3 Å². The van der Waals surface area contributed by atoms with Crippen LogP contribution in [0.4, 0.5) is 10.5 Å². The van der Waals surface area contributed by atoms with Gasteiger partial charge >= 0.3 is 12.0 Å². The average molecular weight is 272 g/mol. The van der Waals surface area contributed by atoms with E-state index in [1.54, 1.807) is 0 Å². The van der Waals surface area contributed by atoms with Crippen LogP contribution in [0.3, 0.4) is 0 Å². The molecule has 3 aliphatic rings. The highest BCUT2D eigenvalue weighted by atomic mass is 16.5. The lowest BCUT2D eigenvalue weighted by Gasteiger charge is -2.48. The maximum Gasteiger partial charge on any atom is 0.322 e. The van der Waals surface area contributed by atoms with Gasteiger partial charge in [0.25, 0.3) is 0 Å². The number of para-hydroxylation sites is 1. The molecule has 0 aromatic heterocycles. The van der Waals surface area contributed by atoms with Gasteiger partial charge in [-0.3, -0.25) is 4.79 Å². The topological polar surface area (TPSA) is 58.6 Å². The van der Waals surface area contributed by atoms with E-state index in [1.165, 1.54) is 0 Å². The van der Waals surface area contributed by atoms with Gasteiger partial charge in [0.15, 0.2) is 0 Å². The molecule has 1 aliphatic carbocycles. The third-order valence-electron chi connectivity index (χ3n) is 5.03. The van der Waals surface area contributed by atoms with Crippen molar-refractivity contribution < 1.29 is 14.3 Å². The van der Waals surface area contributed by atoms with E-state index in [4.69, 9.17) is 4.74 Å². The third-order valence-corrected chi connectivity index (χ3v) is 5.03. The lowest BCUT2D eigenvalue weighted by molar-refractivity contribution is -0.143. The van der Waals surface area contributed by atoms with Crippen LogP contribution in [0, 0.1) is 11.8 Å². The molecule has 4 rings (SSSR count). The SMILES string of the molecule is O=C1OC[C@]23[C@H](CCN2C(=O)Nc2ccccc2)C[C@@H]13. The number of esters is 1. The first-order valence-corrected chi connectivity index (χ1v) is 7.02. The van der Waals surface area contributed by atoms with Crippen molar-refractivity contribution in [3.05, 3.63) is 30.3 Å². The summed E-state index contributed by atoms with van der Waals surface area (Å²) in [5, 5.41) is 2.91. The van der Waals surface area contributed by atoms with Crippen LogP contribution in [0.5, 0.6) is 0 Å². The minimum Gasteiger partial charge on any atom is -0.463 e. The van der Waals surface area contributed by atoms with Gasteiger partial charge in [0, 0.05) is 12.2 Å². The van der Waals surface area contributed by atoms with Crippen LogP contribution in [0.1, 0.15) is 12.8 Å². The molecule has 1 spiro atoms. The van der Waals surface area contributed by atoms with Crippen molar-refractivity contribution in [2.75, 3.05) is 18.5 Å². The van der Waals surface area contributed by atoms with Crippen molar-refractivity contribution in [1.29, 1.82) is 0 Å². The van der Waals surface area contributed by atoms with Gasteiger partial charge in [0.2, 0.25) is 0 Å². The predicted molar refractivity (Wildman–Crippen MR) is 72.1 cm³/mol. The van der Waals surface area contributed by atoms with Gasteiger partial charge in [0.05, 0.1) is 11.5 Å². The largest absolute Gasteiger partial charge is 0.463 e. The first kappa shape index (κ1) is 11.8. The second-order valence-corrected chi connectivity index (χ2v) is 5.82. The van der Waals surface area contributed by atoms with Crippen molar-refractivity contribution in [2.24, 2.45) is 11.8 Å². The van der Waals surface area contributed by atoms with Crippen LogP contribution >= 0.6 is 0 Å². The van der Waals surface area contributed by atoms with Crippen molar-refractivity contribution in [1.82, 2.24) is 4.90 Å². The lowest BCUT2D eigenvalue weighted by Crippen LogP contribution is -2.63. The Hall–Kier alpha value is -2.04. The molecule has 2 heterocycles. The summed E-state index contributed by atoms with van der Waals surface area (Å²) in [5.74, 6) is 0.164. The Bertz CT molecular complexity index is 574. The maximum atomic E-state index is 12.5. The fourth-order valence-corrected chi connectivity index (χ4v) is 3.97. The van der Waals surface area contributed by atoms with Gasteiger partial charge in [-0.15, -0.1) is 0 Å². The highest BCUT2D eigenvalue weighted by Gasteiger charge is 2.69. The van der Waals surface area contributed by atoms with E-state index >= 15 is 0 Å². The molecule has 0 radical (unpaired) electrons. The van der Waals surface area contributed by atoms with E-state index < -0.39 is 0 Å². The number of cyclic esters (lactones) is 1. The van der Waals surface area contributed by atoms with E-state index in [9.17, 15) is 9.59 Å². The molecule has 2 amide bonds. The van der Waals surface area contributed by atoms with Gasteiger partial charge in [0.1, 0.15) is 6.61 Å². The maximum absolute atomic E-state index is 12.5. The standard InChI is InChI=1S/C15H16N2O3/c18-13-12-8-10-6-7-17(15(10,12)9-20-13)14(19)16-11-4-2-1-3-5-11/h1-5,10,12H,6-9H2,(H,16,19)/t10-,12+,15-/m1/s1. The van der Waals surface area contributed by atoms with Crippen molar-refractivity contribution in [3.63, 3.8) is 0 Å². The van der Waals surface area contributed by atoms with Gasteiger partial charge in [-0.05, 0) is 30.9 Å². The normalized spacial score (nSPS) is 34.0. The predicted octanol–water partition coefficient (Wildman–Crippen LogP) is 1.86. The number of likely N-dealkylation sites (tertiary alicyclic amines) is 1. The summed E-state index contributed by atoms with van der Waals surface area (Å²) in [6.45, 7) is 1.07. The first-order valence-electron chi connectivity index (χ1n) is 7.02. The van der Waals surface area contributed by atoms with Crippen LogP contribution in [0.25, 0.3) is 0 Å². The van der Waals surface area contributed by atoms with E-state index in [2.05, 4.69) is 5.32 Å². The molecule has 1 aromatic rings. The molecule has 1 saturated carbocycles. The first-order chi connectivity index (χ1) is 9.72. The summed E-state index contributed by atoms with van der Waals surface area (Å²) in [5.41, 5.74) is 0.411. The Morgan fingerprint density at radius 3 is 2.90 bits per heavy atom. The Morgan fingerprint density at radius 1 is 1.35 bits per heavy atom. The van der Waals surface area contributed by atoms with Crippen LogP contribution in [-0.2, 0) is 9.53 Å². The number of carbonyl (C=O) groups is 2. The molecule has 3 atom stereocenters. The fraction of sp³-hybridized carbons (Fsp3) is 0.467. The molecule has 1 N–H and O–H groups in total. The zero-order chi connectivity index (χ0) is 13.7. The zero-order valence-corrected chi connectivity index (χ0v) is 11.0. The number of hydrogen-bond acceptors (Lipinski definition) is 3. The number of anilines is 1. The molecule has 5 nitrogen and oxygen atoms in total. The fourth-order valence-electron chi connectivity index (χ4n) is 3.97. The van der Waals surface area contributed by atoms with E-state index in [0.29, 0.717) is 19.1 Å². The second kappa shape index (κ2) is 3.98. The average Bonchev–Trinajstić information content (AvgIpc) is 2.85. The number of nitrogens with zero attached hydrogens (tertiary/aromatic N) is 1. The Kier molecular flexibility index (Phi) is 2.34. The number of amides is 2. The molecule has 0 unspecified atom stereocenters.